The smallest absolute Gasteiger partial charge is 0.226 e. The van der Waals surface area contributed by atoms with E-state index in [4.69, 9.17) is 0 Å². The molecule has 0 saturated heterocycles. The van der Waals surface area contributed by atoms with Gasteiger partial charge in [0.05, 0.1) is 12.5 Å². The molecule has 1 heterocycles. The molecule has 1 amide bonds. The molecule has 2 aromatic carbocycles. The first kappa shape index (κ1) is 14.3. The lowest BCUT2D eigenvalue weighted by Gasteiger charge is -2.13. The molecular formula is C17H17N3O2. The SMILES string of the molecule is O=C(Cc1ccn[nH]1)NCC(O)c1ccc2ccccc2c1. The monoisotopic (exact) mass is 295 g/mol. The van der Waals surface area contributed by atoms with E-state index in [1.807, 2.05) is 42.5 Å². The normalized spacial score (nSPS) is 12.2. The highest BCUT2D eigenvalue weighted by molar-refractivity contribution is 5.83. The third-order valence-electron chi connectivity index (χ3n) is 3.56. The van der Waals surface area contributed by atoms with Crippen molar-refractivity contribution in [1.29, 1.82) is 0 Å². The predicted molar refractivity (Wildman–Crippen MR) is 84.2 cm³/mol. The fraction of sp³-hybridized carbons (Fsp3) is 0.176. The van der Waals surface area contributed by atoms with Gasteiger partial charge in [0.2, 0.25) is 5.91 Å². The van der Waals surface area contributed by atoms with Crippen LogP contribution in [0.3, 0.4) is 0 Å². The van der Waals surface area contributed by atoms with Crippen molar-refractivity contribution in [3.8, 4) is 0 Å². The van der Waals surface area contributed by atoms with Gasteiger partial charge in [0, 0.05) is 18.4 Å². The zero-order valence-corrected chi connectivity index (χ0v) is 12.0. The van der Waals surface area contributed by atoms with Gasteiger partial charge in [-0.3, -0.25) is 9.89 Å². The molecule has 0 saturated carbocycles. The van der Waals surface area contributed by atoms with Gasteiger partial charge in [0.15, 0.2) is 0 Å². The van der Waals surface area contributed by atoms with Crippen molar-refractivity contribution < 1.29 is 9.90 Å². The van der Waals surface area contributed by atoms with Crippen LogP contribution in [0.1, 0.15) is 17.4 Å². The number of benzene rings is 2. The minimum absolute atomic E-state index is 0.149. The molecule has 5 nitrogen and oxygen atoms in total. The summed E-state index contributed by atoms with van der Waals surface area (Å²) in [6.45, 7) is 0.186. The number of aliphatic hydroxyl groups is 1. The number of H-pyrrole nitrogens is 1. The average Bonchev–Trinajstić information content (AvgIpc) is 3.05. The van der Waals surface area contributed by atoms with E-state index in [2.05, 4.69) is 15.5 Å². The van der Waals surface area contributed by atoms with Gasteiger partial charge in [-0.05, 0) is 28.5 Å². The highest BCUT2D eigenvalue weighted by Crippen LogP contribution is 2.20. The van der Waals surface area contributed by atoms with Crippen LogP contribution in [0.5, 0.6) is 0 Å². The molecule has 3 N–H and O–H groups in total. The van der Waals surface area contributed by atoms with Crippen LogP contribution in [0.2, 0.25) is 0 Å². The molecule has 0 aliphatic carbocycles. The topological polar surface area (TPSA) is 78.0 Å². The molecule has 0 aliphatic heterocycles. The second-order valence-electron chi connectivity index (χ2n) is 5.19. The first-order chi connectivity index (χ1) is 10.7. The zero-order valence-electron chi connectivity index (χ0n) is 12.0. The number of nitrogens with one attached hydrogen (secondary N) is 2. The van der Waals surface area contributed by atoms with Crippen molar-refractivity contribution >= 4 is 16.7 Å². The Morgan fingerprint density at radius 3 is 2.77 bits per heavy atom. The summed E-state index contributed by atoms with van der Waals surface area (Å²) in [6, 6.07) is 15.5. The Bertz CT molecular complexity index is 768. The molecule has 1 unspecified atom stereocenters. The molecule has 0 radical (unpaired) electrons. The highest BCUT2D eigenvalue weighted by atomic mass is 16.3. The maximum absolute atomic E-state index is 11.8. The molecule has 3 rings (SSSR count). The maximum atomic E-state index is 11.8. The van der Waals surface area contributed by atoms with Crippen molar-refractivity contribution in [1.82, 2.24) is 15.5 Å². The van der Waals surface area contributed by atoms with Crippen molar-refractivity contribution in [3.05, 3.63) is 66.0 Å². The first-order valence-electron chi connectivity index (χ1n) is 7.14. The second kappa shape index (κ2) is 6.41. The van der Waals surface area contributed by atoms with Gasteiger partial charge in [-0.25, -0.2) is 0 Å². The Balaban J connectivity index is 1.60. The number of aromatic amines is 1. The average molecular weight is 295 g/mol. The van der Waals surface area contributed by atoms with E-state index in [1.165, 1.54) is 0 Å². The van der Waals surface area contributed by atoms with Gasteiger partial charge in [-0.2, -0.15) is 5.10 Å². The van der Waals surface area contributed by atoms with Crippen LogP contribution in [0, 0.1) is 0 Å². The summed E-state index contributed by atoms with van der Waals surface area (Å²) in [5, 5.41) is 21.7. The molecule has 22 heavy (non-hydrogen) atoms. The molecule has 0 bridgehead atoms. The van der Waals surface area contributed by atoms with E-state index in [0.717, 1.165) is 22.0 Å². The van der Waals surface area contributed by atoms with Crippen molar-refractivity contribution in [2.75, 3.05) is 6.54 Å². The molecule has 3 aromatic rings. The Labute approximate surface area is 128 Å². The minimum atomic E-state index is -0.727. The van der Waals surface area contributed by atoms with Crippen LogP contribution in [-0.4, -0.2) is 27.8 Å². The van der Waals surface area contributed by atoms with Gasteiger partial charge in [0.25, 0.3) is 0 Å². The summed E-state index contributed by atoms with van der Waals surface area (Å²) in [4.78, 5) is 11.8. The molecule has 5 heteroatoms. The molecule has 1 atom stereocenters. The van der Waals surface area contributed by atoms with E-state index in [9.17, 15) is 9.90 Å². The second-order valence-corrected chi connectivity index (χ2v) is 5.19. The molecular weight excluding hydrogens is 278 g/mol. The molecule has 1 aromatic heterocycles. The lowest BCUT2D eigenvalue weighted by molar-refractivity contribution is -0.120. The van der Waals surface area contributed by atoms with E-state index in [0.29, 0.717) is 0 Å². The van der Waals surface area contributed by atoms with Crippen molar-refractivity contribution in [2.45, 2.75) is 12.5 Å². The Morgan fingerprint density at radius 1 is 1.18 bits per heavy atom. The maximum Gasteiger partial charge on any atom is 0.226 e. The Morgan fingerprint density at radius 2 is 2.00 bits per heavy atom. The van der Waals surface area contributed by atoms with E-state index >= 15 is 0 Å². The predicted octanol–water partition coefficient (Wildman–Crippen LogP) is 1.96. The lowest BCUT2D eigenvalue weighted by atomic mass is 10.0. The number of hydrogen-bond donors (Lipinski definition) is 3. The fourth-order valence-corrected chi connectivity index (χ4v) is 2.36. The number of nitrogens with zero attached hydrogens (tertiary/aromatic N) is 1. The van der Waals surface area contributed by atoms with Crippen molar-refractivity contribution in [2.24, 2.45) is 0 Å². The van der Waals surface area contributed by atoms with Crippen LogP contribution in [0.4, 0.5) is 0 Å². The number of amides is 1. The summed E-state index contributed by atoms with van der Waals surface area (Å²) < 4.78 is 0. The van der Waals surface area contributed by atoms with E-state index < -0.39 is 6.10 Å². The van der Waals surface area contributed by atoms with Gasteiger partial charge >= 0.3 is 0 Å². The van der Waals surface area contributed by atoms with Crippen LogP contribution in [-0.2, 0) is 11.2 Å². The van der Waals surface area contributed by atoms with Crippen LogP contribution in [0.15, 0.2) is 54.7 Å². The number of carbonyl (C=O) groups is 1. The van der Waals surface area contributed by atoms with Crippen LogP contribution in [0.25, 0.3) is 10.8 Å². The molecule has 0 spiro atoms. The highest BCUT2D eigenvalue weighted by Gasteiger charge is 2.11. The summed E-state index contributed by atoms with van der Waals surface area (Å²) in [7, 11) is 0. The van der Waals surface area contributed by atoms with Crippen LogP contribution >= 0.6 is 0 Å². The van der Waals surface area contributed by atoms with Gasteiger partial charge in [-0.15, -0.1) is 0 Å². The third-order valence-corrected chi connectivity index (χ3v) is 3.56. The minimum Gasteiger partial charge on any atom is -0.387 e. The zero-order chi connectivity index (χ0) is 15.4. The number of rotatable bonds is 5. The Hall–Kier alpha value is -2.66. The molecule has 0 aliphatic rings. The van der Waals surface area contributed by atoms with Crippen LogP contribution < -0.4 is 5.32 Å². The van der Waals surface area contributed by atoms with Gasteiger partial charge in [0.1, 0.15) is 0 Å². The van der Waals surface area contributed by atoms with Crippen molar-refractivity contribution in [3.63, 3.8) is 0 Å². The van der Waals surface area contributed by atoms with Gasteiger partial charge in [-0.1, -0.05) is 36.4 Å². The molecule has 112 valence electrons. The first-order valence-corrected chi connectivity index (χ1v) is 7.14. The Kier molecular flexibility index (Phi) is 4.16. The molecule has 0 fully saturated rings. The van der Waals surface area contributed by atoms with E-state index in [1.54, 1.807) is 12.3 Å². The lowest BCUT2D eigenvalue weighted by Crippen LogP contribution is -2.29. The summed E-state index contributed by atoms with van der Waals surface area (Å²) in [5.41, 5.74) is 1.54. The summed E-state index contributed by atoms with van der Waals surface area (Å²) in [6.07, 6.45) is 1.10. The number of fused-ring (bicyclic) bond motifs is 1. The summed E-state index contributed by atoms with van der Waals surface area (Å²) in [5.74, 6) is -0.149. The number of hydrogen-bond acceptors (Lipinski definition) is 3. The van der Waals surface area contributed by atoms with Gasteiger partial charge < -0.3 is 10.4 Å². The van der Waals surface area contributed by atoms with E-state index in [-0.39, 0.29) is 18.9 Å². The number of aliphatic hydroxyl groups excluding tert-OH is 1. The number of carbonyl (C=O) groups excluding carboxylic acids is 1. The fourth-order valence-electron chi connectivity index (χ4n) is 2.36. The number of aromatic nitrogens is 2. The summed E-state index contributed by atoms with van der Waals surface area (Å²) >= 11 is 0. The largest absolute Gasteiger partial charge is 0.387 e. The standard InChI is InChI=1S/C17H17N3O2/c21-16(11-18-17(22)10-15-7-8-19-20-15)14-6-5-12-3-1-2-4-13(12)9-14/h1-9,16,21H,10-11H2,(H,18,22)(H,19,20). The quantitative estimate of drug-likeness (QED) is 0.673. The third kappa shape index (κ3) is 3.32.